The molecule has 0 aromatic carbocycles. The maximum Gasteiger partial charge on any atom is 0.246 e. The Labute approximate surface area is 107 Å². The second-order valence-corrected chi connectivity index (χ2v) is 4.97. The van der Waals surface area contributed by atoms with E-state index in [4.69, 9.17) is 0 Å². The molecule has 16 heavy (non-hydrogen) atoms. The van der Waals surface area contributed by atoms with Crippen LogP contribution in [-0.2, 0) is 9.59 Å². The van der Waals surface area contributed by atoms with Gasteiger partial charge in [-0.15, -0.1) is 0 Å². The van der Waals surface area contributed by atoms with Crippen LogP contribution in [0.1, 0.15) is 13.8 Å². The molecule has 0 fully saturated rings. The topological polar surface area (TPSA) is 49.4 Å². The molecule has 0 aromatic rings. The predicted molar refractivity (Wildman–Crippen MR) is 72.1 cm³/mol. The Morgan fingerprint density at radius 1 is 1.50 bits per heavy atom. The molecule has 2 amide bonds. The van der Waals surface area contributed by atoms with Gasteiger partial charge in [0.1, 0.15) is 6.04 Å². The molecule has 6 heteroatoms. The summed E-state index contributed by atoms with van der Waals surface area (Å²) in [7, 11) is 1.75. The zero-order chi connectivity index (χ0) is 12.7. The third-order valence-corrected chi connectivity index (χ3v) is 3.46. The van der Waals surface area contributed by atoms with E-state index in [2.05, 4.69) is 17.9 Å². The average molecular weight is 264 g/mol. The molecule has 0 saturated carbocycles. The minimum Gasteiger partial charge on any atom is -0.344 e. The fourth-order valence-electron chi connectivity index (χ4n) is 1.25. The van der Waals surface area contributed by atoms with Gasteiger partial charge in [0.25, 0.3) is 0 Å². The smallest absolute Gasteiger partial charge is 0.246 e. The van der Waals surface area contributed by atoms with E-state index in [-0.39, 0.29) is 17.9 Å². The van der Waals surface area contributed by atoms with Gasteiger partial charge >= 0.3 is 0 Å². The van der Waals surface area contributed by atoms with E-state index in [0.717, 1.165) is 5.75 Å². The fourth-order valence-corrected chi connectivity index (χ4v) is 2.20. The Morgan fingerprint density at radius 2 is 2.06 bits per heavy atom. The van der Waals surface area contributed by atoms with Crippen molar-refractivity contribution in [3.63, 3.8) is 0 Å². The van der Waals surface area contributed by atoms with Gasteiger partial charge < -0.3 is 10.2 Å². The van der Waals surface area contributed by atoms with Gasteiger partial charge in [0.05, 0.1) is 0 Å². The lowest BCUT2D eigenvalue weighted by molar-refractivity contribution is -0.135. The largest absolute Gasteiger partial charge is 0.344 e. The molecule has 0 aliphatic heterocycles. The first-order valence-electron chi connectivity index (χ1n) is 5.07. The van der Waals surface area contributed by atoms with E-state index in [1.165, 1.54) is 6.92 Å². The van der Waals surface area contributed by atoms with Crippen molar-refractivity contribution in [1.82, 2.24) is 10.2 Å². The highest BCUT2D eigenvalue weighted by molar-refractivity contribution is 7.98. The lowest BCUT2D eigenvalue weighted by Gasteiger charge is -2.28. The van der Waals surface area contributed by atoms with Crippen LogP contribution in [0.4, 0.5) is 0 Å². The highest BCUT2D eigenvalue weighted by atomic mass is 32.2. The molecular weight excluding hydrogens is 244 g/mol. The molecule has 0 heterocycles. The Hall–Kier alpha value is -0.360. The molecule has 0 aliphatic carbocycles. The highest BCUT2D eigenvalue weighted by Gasteiger charge is 2.24. The van der Waals surface area contributed by atoms with Crippen LogP contribution in [-0.4, -0.2) is 53.6 Å². The van der Waals surface area contributed by atoms with Gasteiger partial charge in [-0.2, -0.15) is 24.4 Å². The maximum absolute atomic E-state index is 12.0. The first kappa shape index (κ1) is 15.6. The van der Waals surface area contributed by atoms with Crippen LogP contribution in [0, 0.1) is 0 Å². The quantitative estimate of drug-likeness (QED) is 0.692. The monoisotopic (exact) mass is 264 g/mol. The first-order chi connectivity index (χ1) is 7.43. The van der Waals surface area contributed by atoms with Crippen LogP contribution in [0.5, 0.6) is 0 Å². The van der Waals surface area contributed by atoms with Crippen molar-refractivity contribution in [2.75, 3.05) is 24.8 Å². The third kappa shape index (κ3) is 5.12. The summed E-state index contributed by atoms with van der Waals surface area (Å²) in [6.07, 6.45) is 2.00. The minimum absolute atomic E-state index is 0.0910. The minimum atomic E-state index is -0.532. The summed E-state index contributed by atoms with van der Waals surface area (Å²) in [5.74, 6) is 0.890. The molecule has 0 bridgehead atoms. The molecule has 2 atom stereocenters. The summed E-state index contributed by atoms with van der Waals surface area (Å²) in [5.41, 5.74) is 0. The van der Waals surface area contributed by atoms with Gasteiger partial charge in [-0.25, -0.2) is 0 Å². The number of carbonyl (C=O) groups excluding carboxylic acids is 2. The molecule has 0 aliphatic rings. The zero-order valence-electron chi connectivity index (χ0n) is 10.2. The van der Waals surface area contributed by atoms with Gasteiger partial charge in [0.2, 0.25) is 11.8 Å². The fraction of sp³-hybridized carbons (Fsp3) is 0.800. The number of nitrogens with zero attached hydrogens (tertiary/aromatic N) is 1. The van der Waals surface area contributed by atoms with Crippen LogP contribution >= 0.6 is 24.4 Å². The first-order valence-corrected chi connectivity index (χ1v) is 7.10. The summed E-state index contributed by atoms with van der Waals surface area (Å²) in [6.45, 7) is 3.38. The molecule has 0 aromatic heterocycles. The van der Waals surface area contributed by atoms with E-state index in [9.17, 15) is 9.59 Å². The number of hydrogen-bond acceptors (Lipinski definition) is 4. The number of hydrogen-bond donors (Lipinski definition) is 2. The summed E-state index contributed by atoms with van der Waals surface area (Å²) < 4.78 is 0. The van der Waals surface area contributed by atoms with Crippen molar-refractivity contribution in [3.8, 4) is 0 Å². The van der Waals surface area contributed by atoms with E-state index >= 15 is 0 Å². The van der Waals surface area contributed by atoms with Gasteiger partial charge in [-0.05, 0) is 13.2 Å². The Balaban J connectivity index is 4.43. The zero-order valence-corrected chi connectivity index (χ0v) is 11.9. The average Bonchev–Trinajstić information content (AvgIpc) is 2.23. The van der Waals surface area contributed by atoms with Gasteiger partial charge in [-0.1, -0.05) is 0 Å². The Kier molecular flexibility index (Phi) is 7.66. The summed E-state index contributed by atoms with van der Waals surface area (Å²) in [5, 5.41) is 2.59. The van der Waals surface area contributed by atoms with E-state index in [1.807, 2.05) is 13.2 Å². The van der Waals surface area contributed by atoms with Crippen molar-refractivity contribution < 1.29 is 9.59 Å². The second kappa shape index (κ2) is 7.84. The molecule has 0 spiro atoms. The Morgan fingerprint density at radius 3 is 2.44 bits per heavy atom. The molecule has 2 unspecified atom stereocenters. The number of likely N-dealkylation sites (N-methyl/N-ethyl adjacent to an activating group) is 1. The Bertz CT molecular complexity index is 249. The second-order valence-electron chi connectivity index (χ2n) is 3.69. The highest BCUT2D eigenvalue weighted by Crippen LogP contribution is 2.06. The van der Waals surface area contributed by atoms with Gasteiger partial charge in [-0.3, -0.25) is 9.59 Å². The standard InChI is InChI=1S/C10H20N2O2S2/c1-7(6-16-4)12(3)10(14)9(5-15)11-8(2)13/h7,9,15H,5-6H2,1-4H3,(H,11,13). The molecule has 0 radical (unpaired) electrons. The van der Waals surface area contributed by atoms with Crippen molar-refractivity contribution >= 4 is 36.2 Å². The predicted octanol–water partition coefficient (Wildman–Crippen LogP) is 0.631. The molecule has 0 saturated heterocycles. The van der Waals surface area contributed by atoms with Gasteiger partial charge in [0.15, 0.2) is 0 Å². The van der Waals surface area contributed by atoms with Gasteiger partial charge in [0, 0.05) is 31.5 Å². The molecule has 94 valence electrons. The van der Waals surface area contributed by atoms with Crippen molar-refractivity contribution in [1.29, 1.82) is 0 Å². The van der Waals surface area contributed by atoms with Crippen molar-refractivity contribution in [2.24, 2.45) is 0 Å². The number of nitrogens with one attached hydrogen (secondary N) is 1. The number of rotatable bonds is 6. The summed E-state index contributed by atoms with van der Waals surface area (Å²) in [4.78, 5) is 24.6. The molecular formula is C10H20N2O2S2. The van der Waals surface area contributed by atoms with E-state index in [1.54, 1.807) is 23.7 Å². The normalized spacial score (nSPS) is 14.1. The van der Waals surface area contributed by atoms with E-state index < -0.39 is 6.04 Å². The number of amides is 2. The van der Waals surface area contributed by atoms with Crippen molar-refractivity contribution in [3.05, 3.63) is 0 Å². The van der Waals surface area contributed by atoms with E-state index in [0.29, 0.717) is 5.75 Å². The lowest BCUT2D eigenvalue weighted by atomic mass is 10.2. The van der Waals surface area contributed by atoms with Crippen LogP contribution in [0.3, 0.4) is 0 Å². The number of carbonyl (C=O) groups is 2. The SMILES string of the molecule is CSCC(C)N(C)C(=O)C(CS)NC(C)=O. The summed E-state index contributed by atoms with van der Waals surface area (Å²) >= 11 is 5.77. The lowest BCUT2D eigenvalue weighted by Crippen LogP contribution is -2.50. The van der Waals surface area contributed by atoms with Crippen LogP contribution in [0.15, 0.2) is 0 Å². The maximum atomic E-state index is 12.0. The summed E-state index contributed by atoms with van der Waals surface area (Å²) in [6, 6.07) is -0.381. The van der Waals surface area contributed by atoms with Crippen LogP contribution in [0.25, 0.3) is 0 Å². The van der Waals surface area contributed by atoms with Crippen molar-refractivity contribution in [2.45, 2.75) is 25.9 Å². The third-order valence-electron chi connectivity index (χ3n) is 2.27. The van der Waals surface area contributed by atoms with Crippen LogP contribution in [0.2, 0.25) is 0 Å². The number of thioether (sulfide) groups is 1. The number of thiol groups is 1. The molecule has 1 N–H and O–H groups in total. The molecule has 4 nitrogen and oxygen atoms in total. The van der Waals surface area contributed by atoms with Crippen LogP contribution < -0.4 is 5.32 Å². The molecule has 0 rings (SSSR count).